The Morgan fingerprint density at radius 3 is 2.00 bits per heavy atom. The number of hydrogen-bond acceptors (Lipinski definition) is 8. The van der Waals surface area contributed by atoms with E-state index in [0.29, 0.717) is 16.5 Å². The molecule has 4 amide bonds. The number of nitrogens with one attached hydrogen (secondary N) is 4. The fraction of sp³-hybridized carbons (Fsp3) is 0.375. The number of amides is 4. The Morgan fingerprint density at radius 2 is 1.40 bits per heavy atom. The zero-order chi connectivity index (χ0) is 30.0. The van der Waals surface area contributed by atoms with Gasteiger partial charge in [-0.15, -0.1) is 0 Å². The SMILES string of the molecule is NC(=O)CC(NC(=O)C(Cc1c[nH]c2ccccc12)NC(=O)C(CCC(=O)O)NC(=O)C(N)CC(=O)O)C(=O)O. The number of fused-ring (bicyclic) bond motifs is 1. The summed E-state index contributed by atoms with van der Waals surface area (Å²) in [5.41, 5.74) is 11.9. The van der Waals surface area contributed by atoms with Crippen LogP contribution in [0.2, 0.25) is 0 Å². The number of aromatic nitrogens is 1. The lowest BCUT2D eigenvalue weighted by atomic mass is 10.0. The average Bonchev–Trinajstić information content (AvgIpc) is 3.27. The average molecular weight is 563 g/mol. The Balaban J connectivity index is 2.34. The molecular weight excluding hydrogens is 532 g/mol. The van der Waals surface area contributed by atoms with Crippen molar-refractivity contribution in [1.82, 2.24) is 20.9 Å². The van der Waals surface area contributed by atoms with E-state index in [9.17, 15) is 38.7 Å². The van der Waals surface area contributed by atoms with Crippen LogP contribution in [0.4, 0.5) is 0 Å². The Kier molecular flexibility index (Phi) is 11.1. The quantitative estimate of drug-likeness (QED) is 0.106. The van der Waals surface area contributed by atoms with E-state index in [4.69, 9.17) is 21.7 Å². The molecule has 4 atom stereocenters. The second-order valence-corrected chi connectivity index (χ2v) is 8.89. The van der Waals surface area contributed by atoms with Crippen LogP contribution in [0.25, 0.3) is 10.9 Å². The molecule has 2 aromatic rings. The minimum Gasteiger partial charge on any atom is -0.481 e. The number of primary amides is 1. The van der Waals surface area contributed by atoms with Crippen LogP contribution in [0.1, 0.15) is 31.2 Å². The van der Waals surface area contributed by atoms with Crippen LogP contribution < -0.4 is 27.4 Å². The molecule has 0 radical (unpaired) electrons. The minimum absolute atomic E-state index is 0.178. The second kappa shape index (κ2) is 14.2. The molecule has 0 saturated carbocycles. The molecule has 16 heteroatoms. The van der Waals surface area contributed by atoms with Crippen molar-refractivity contribution in [3.8, 4) is 0 Å². The first-order chi connectivity index (χ1) is 18.8. The number of carboxylic acid groups (broad SMARTS) is 3. The Bertz CT molecular complexity index is 1290. The highest BCUT2D eigenvalue weighted by Gasteiger charge is 2.32. The van der Waals surface area contributed by atoms with E-state index < -0.39 is 91.4 Å². The summed E-state index contributed by atoms with van der Waals surface area (Å²) < 4.78 is 0. The van der Waals surface area contributed by atoms with Crippen LogP contribution in [-0.4, -0.2) is 86.0 Å². The third-order valence-corrected chi connectivity index (χ3v) is 5.76. The van der Waals surface area contributed by atoms with Gasteiger partial charge in [-0.2, -0.15) is 0 Å². The molecule has 1 aromatic carbocycles. The maximum atomic E-state index is 13.2. The molecule has 0 fully saturated rings. The zero-order valence-electron chi connectivity index (χ0n) is 21.1. The van der Waals surface area contributed by atoms with Crippen molar-refractivity contribution in [2.75, 3.05) is 0 Å². The lowest BCUT2D eigenvalue weighted by Gasteiger charge is -2.25. The number of H-pyrrole nitrogens is 1. The van der Waals surface area contributed by atoms with Gasteiger partial charge in [-0.25, -0.2) is 4.79 Å². The Hall–Kier alpha value is -4.99. The summed E-state index contributed by atoms with van der Waals surface area (Å²) in [7, 11) is 0. The van der Waals surface area contributed by atoms with Crippen LogP contribution in [0.15, 0.2) is 30.5 Å². The van der Waals surface area contributed by atoms with Gasteiger partial charge >= 0.3 is 17.9 Å². The van der Waals surface area contributed by atoms with Gasteiger partial charge in [0, 0.05) is 29.9 Å². The fourth-order valence-corrected chi connectivity index (χ4v) is 3.77. The smallest absolute Gasteiger partial charge is 0.326 e. The number of aromatic amines is 1. The van der Waals surface area contributed by atoms with E-state index in [-0.39, 0.29) is 6.42 Å². The van der Waals surface area contributed by atoms with Gasteiger partial charge < -0.3 is 47.7 Å². The van der Waals surface area contributed by atoms with Crippen molar-refractivity contribution in [2.24, 2.45) is 11.5 Å². The summed E-state index contributed by atoms with van der Waals surface area (Å²) >= 11 is 0. The van der Waals surface area contributed by atoms with Crippen LogP contribution >= 0.6 is 0 Å². The molecule has 40 heavy (non-hydrogen) atoms. The lowest BCUT2D eigenvalue weighted by Crippen LogP contribution is -2.58. The number of nitrogens with two attached hydrogens (primary N) is 2. The van der Waals surface area contributed by atoms with Gasteiger partial charge in [-0.1, -0.05) is 18.2 Å². The van der Waals surface area contributed by atoms with Crippen LogP contribution in [0.3, 0.4) is 0 Å². The van der Waals surface area contributed by atoms with E-state index in [1.165, 1.54) is 0 Å². The molecule has 11 N–H and O–H groups in total. The fourth-order valence-electron chi connectivity index (χ4n) is 3.77. The van der Waals surface area contributed by atoms with Crippen LogP contribution in [-0.2, 0) is 40.0 Å². The number of rotatable bonds is 16. The first-order valence-electron chi connectivity index (χ1n) is 11.9. The highest BCUT2D eigenvalue weighted by molar-refractivity contribution is 5.96. The summed E-state index contributed by atoms with van der Waals surface area (Å²) in [5.74, 6) is -8.29. The third-order valence-electron chi connectivity index (χ3n) is 5.76. The molecule has 2 rings (SSSR count). The topological polar surface area (TPSA) is 284 Å². The van der Waals surface area contributed by atoms with Gasteiger partial charge in [0.05, 0.1) is 18.9 Å². The Morgan fingerprint density at radius 1 is 0.800 bits per heavy atom. The van der Waals surface area contributed by atoms with Gasteiger partial charge in [0.2, 0.25) is 23.6 Å². The zero-order valence-corrected chi connectivity index (χ0v) is 21.1. The minimum atomic E-state index is -1.70. The molecule has 0 spiro atoms. The molecule has 0 saturated heterocycles. The van der Waals surface area contributed by atoms with Gasteiger partial charge in [-0.05, 0) is 18.1 Å². The summed E-state index contributed by atoms with van der Waals surface area (Å²) in [6.45, 7) is 0. The number of aliphatic carboxylic acids is 3. The number of hydrogen-bond donors (Lipinski definition) is 9. The van der Waals surface area contributed by atoms with Crippen molar-refractivity contribution in [1.29, 1.82) is 0 Å². The maximum absolute atomic E-state index is 13.2. The van der Waals surface area contributed by atoms with E-state index in [0.717, 1.165) is 0 Å². The highest BCUT2D eigenvalue weighted by atomic mass is 16.4. The van der Waals surface area contributed by atoms with Crippen LogP contribution in [0.5, 0.6) is 0 Å². The van der Waals surface area contributed by atoms with Crippen LogP contribution in [0, 0.1) is 0 Å². The van der Waals surface area contributed by atoms with Crippen molar-refractivity contribution in [3.05, 3.63) is 36.0 Å². The van der Waals surface area contributed by atoms with E-state index in [2.05, 4.69) is 20.9 Å². The van der Waals surface area contributed by atoms with E-state index in [1.807, 2.05) is 0 Å². The number of carboxylic acids is 3. The Labute approximate surface area is 226 Å². The van der Waals surface area contributed by atoms with Crippen molar-refractivity contribution < 1.29 is 48.9 Å². The third kappa shape index (κ3) is 9.39. The molecule has 0 aliphatic carbocycles. The molecule has 0 bridgehead atoms. The number of para-hydroxylation sites is 1. The monoisotopic (exact) mass is 562 g/mol. The van der Waals surface area contributed by atoms with Crippen molar-refractivity contribution >= 4 is 52.4 Å². The normalized spacial score (nSPS) is 13.8. The van der Waals surface area contributed by atoms with Gasteiger partial charge in [0.1, 0.15) is 18.1 Å². The molecule has 0 aliphatic rings. The number of carbonyl (C=O) groups excluding carboxylic acids is 4. The van der Waals surface area contributed by atoms with E-state index >= 15 is 0 Å². The largest absolute Gasteiger partial charge is 0.481 e. The molecule has 1 heterocycles. The van der Waals surface area contributed by atoms with Gasteiger partial charge in [0.15, 0.2) is 0 Å². The first kappa shape index (κ1) is 31.2. The number of benzene rings is 1. The summed E-state index contributed by atoms with van der Waals surface area (Å²) in [6.07, 6.45) is -1.11. The molecule has 16 nitrogen and oxygen atoms in total. The summed E-state index contributed by atoms with van der Waals surface area (Å²) in [4.78, 5) is 86.6. The number of carbonyl (C=O) groups is 7. The van der Waals surface area contributed by atoms with E-state index in [1.54, 1.807) is 30.5 Å². The molecular formula is C24H30N6O10. The molecule has 4 unspecified atom stereocenters. The van der Waals surface area contributed by atoms with Gasteiger partial charge in [-0.3, -0.25) is 28.8 Å². The summed E-state index contributed by atoms with van der Waals surface area (Å²) in [5, 5.41) is 34.7. The standard InChI is InChI=1S/C24H30N6O10/c25-13(8-20(34)35)21(36)28-15(5-6-19(32)33)22(37)29-16(23(38)30-17(24(39)40)9-18(26)31)7-11-10-27-14-4-2-1-3-12(11)14/h1-4,10,13,15-17,27H,5-9,25H2,(H2,26,31)(H,28,36)(H,29,37)(H,30,38)(H,32,33)(H,34,35)(H,39,40). The maximum Gasteiger partial charge on any atom is 0.326 e. The van der Waals surface area contributed by atoms with Crippen molar-refractivity contribution in [2.45, 2.75) is 56.3 Å². The predicted octanol–water partition coefficient (Wildman–Crippen LogP) is -2.21. The summed E-state index contributed by atoms with van der Waals surface area (Å²) in [6, 6.07) is 0.750. The molecule has 0 aliphatic heterocycles. The second-order valence-electron chi connectivity index (χ2n) is 8.89. The van der Waals surface area contributed by atoms with Crippen molar-refractivity contribution in [3.63, 3.8) is 0 Å². The van der Waals surface area contributed by atoms with Gasteiger partial charge in [0.25, 0.3) is 0 Å². The molecule has 216 valence electrons. The molecule has 1 aromatic heterocycles. The predicted molar refractivity (Wildman–Crippen MR) is 136 cm³/mol. The first-order valence-corrected chi connectivity index (χ1v) is 11.9. The highest BCUT2D eigenvalue weighted by Crippen LogP contribution is 2.19. The lowest BCUT2D eigenvalue weighted by molar-refractivity contribution is -0.143.